The van der Waals surface area contributed by atoms with Crippen molar-refractivity contribution in [2.45, 2.75) is 6.10 Å². The smallest absolute Gasteiger partial charge is 0.271 e. The lowest BCUT2D eigenvalue weighted by molar-refractivity contribution is 0.0954. The first-order chi connectivity index (χ1) is 12.3. The highest BCUT2D eigenvalue weighted by Gasteiger charge is 2.17. The quantitative estimate of drug-likeness (QED) is 0.555. The van der Waals surface area contributed by atoms with Gasteiger partial charge in [-0.1, -0.05) is 78.9 Å². The molecule has 3 rings (SSSR count). The maximum Gasteiger partial charge on any atom is 0.271 e. The van der Waals surface area contributed by atoms with Gasteiger partial charge in [-0.05, 0) is 17.7 Å². The maximum absolute atomic E-state index is 12.2. The first kappa shape index (κ1) is 16.6. The van der Waals surface area contributed by atoms with Gasteiger partial charge < -0.3 is 5.11 Å². The number of carbonyl (C=O) groups is 1. The Hall–Kier alpha value is -3.24. The molecule has 4 nitrogen and oxygen atoms in total. The molecule has 4 heteroatoms. The zero-order valence-electron chi connectivity index (χ0n) is 13.5. The first-order valence-electron chi connectivity index (χ1n) is 7.97. The summed E-state index contributed by atoms with van der Waals surface area (Å²) in [5.41, 5.74) is 4.88. The monoisotopic (exact) mass is 330 g/mol. The number of nitrogens with zero attached hydrogens (tertiary/aromatic N) is 1. The molecule has 0 saturated heterocycles. The fourth-order valence-electron chi connectivity index (χ4n) is 2.45. The molecule has 1 unspecified atom stereocenters. The van der Waals surface area contributed by atoms with E-state index in [1.807, 2.05) is 66.7 Å². The largest absolute Gasteiger partial charge is 0.382 e. The number of hydrogen-bond donors (Lipinski definition) is 2. The van der Waals surface area contributed by atoms with Gasteiger partial charge in [-0.2, -0.15) is 5.10 Å². The van der Waals surface area contributed by atoms with Crippen molar-refractivity contribution in [3.63, 3.8) is 0 Å². The summed E-state index contributed by atoms with van der Waals surface area (Å²) in [6, 6.07) is 27.4. The van der Waals surface area contributed by atoms with E-state index in [2.05, 4.69) is 10.5 Å². The molecule has 0 aliphatic rings. The van der Waals surface area contributed by atoms with Crippen LogP contribution in [0.15, 0.2) is 96.1 Å². The van der Waals surface area contributed by atoms with Gasteiger partial charge in [0, 0.05) is 11.1 Å². The van der Waals surface area contributed by atoms with Crippen LogP contribution in [0.4, 0.5) is 0 Å². The van der Waals surface area contributed by atoms with E-state index in [0.29, 0.717) is 16.8 Å². The normalized spacial score (nSPS) is 12.4. The molecule has 0 saturated carbocycles. The van der Waals surface area contributed by atoms with E-state index in [9.17, 15) is 9.90 Å². The molecule has 124 valence electrons. The second-order valence-electron chi connectivity index (χ2n) is 5.48. The molecule has 1 atom stereocenters. The summed E-state index contributed by atoms with van der Waals surface area (Å²) in [4.78, 5) is 12.2. The van der Waals surface area contributed by atoms with Crippen molar-refractivity contribution in [2.75, 3.05) is 0 Å². The molecule has 0 heterocycles. The van der Waals surface area contributed by atoms with Gasteiger partial charge in [0.1, 0.15) is 11.8 Å². The van der Waals surface area contributed by atoms with Gasteiger partial charge in [0.2, 0.25) is 0 Å². The Kier molecular flexibility index (Phi) is 5.34. The number of hydrogen-bond acceptors (Lipinski definition) is 3. The summed E-state index contributed by atoms with van der Waals surface area (Å²) in [6.07, 6.45) is -0.945. The fraction of sp³-hybridized carbons (Fsp3) is 0.0476. The molecule has 0 aromatic heterocycles. The minimum atomic E-state index is -0.945. The molecule has 0 aliphatic carbocycles. The lowest BCUT2D eigenvalue weighted by Gasteiger charge is -2.15. The lowest BCUT2D eigenvalue weighted by atomic mass is 9.99. The van der Waals surface area contributed by atoms with Crippen molar-refractivity contribution in [3.05, 3.63) is 108 Å². The Morgan fingerprint density at radius 3 is 1.80 bits per heavy atom. The number of amides is 1. The van der Waals surface area contributed by atoms with E-state index < -0.39 is 6.10 Å². The van der Waals surface area contributed by atoms with Crippen LogP contribution >= 0.6 is 0 Å². The fourth-order valence-corrected chi connectivity index (χ4v) is 2.45. The maximum atomic E-state index is 12.2. The van der Waals surface area contributed by atoms with Gasteiger partial charge in [0.15, 0.2) is 0 Å². The molecule has 3 aromatic carbocycles. The van der Waals surface area contributed by atoms with E-state index in [0.717, 1.165) is 5.56 Å². The predicted molar refractivity (Wildman–Crippen MR) is 98.3 cm³/mol. The van der Waals surface area contributed by atoms with Gasteiger partial charge >= 0.3 is 0 Å². The minimum Gasteiger partial charge on any atom is -0.382 e. The Morgan fingerprint density at radius 2 is 1.24 bits per heavy atom. The number of carbonyl (C=O) groups excluding carboxylic acids is 1. The van der Waals surface area contributed by atoms with Gasteiger partial charge in [-0.15, -0.1) is 0 Å². The van der Waals surface area contributed by atoms with Crippen molar-refractivity contribution in [1.29, 1.82) is 0 Å². The number of aliphatic hydroxyl groups excluding tert-OH is 1. The van der Waals surface area contributed by atoms with Crippen LogP contribution in [0.25, 0.3) is 0 Å². The molecule has 25 heavy (non-hydrogen) atoms. The van der Waals surface area contributed by atoms with Gasteiger partial charge in [0.05, 0.1) is 0 Å². The zero-order chi connectivity index (χ0) is 17.5. The summed E-state index contributed by atoms with van der Waals surface area (Å²) in [6.45, 7) is 0. The molecule has 1 amide bonds. The summed E-state index contributed by atoms with van der Waals surface area (Å²) in [7, 11) is 0. The average Bonchev–Trinajstić information content (AvgIpc) is 2.70. The van der Waals surface area contributed by atoms with Crippen molar-refractivity contribution >= 4 is 11.6 Å². The molecule has 3 aromatic rings. The standard InChI is InChI=1S/C21H18N2O2/c24-20(17-12-6-2-7-13-17)19(16-10-4-1-5-11-16)22-23-21(25)18-14-8-3-9-15-18/h1-15,20,24H,(H,23,25)/b22-19+. The molecule has 0 bridgehead atoms. The molecule has 2 N–H and O–H groups in total. The van der Waals surface area contributed by atoms with E-state index in [-0.39, 0.29) is 5.91 Å². The van der Waals surface area contributed by atoms with Crippen LogP contribution in [0.5, 0.6) is 0 Å². The van der Waals surface area contributed by atoms with Crippen LogP contribution in [0.1, 0.15) is 27.6 Å². The Morgan fingerprint density at radius 1 is 0.760 bits per heavy atom. The van der Waals surface area contributed by atoms with Crippen molar-refractivity contribution in [1.82, 2.24) is 5.43 Å². The molecular weight excluding hydrogens is 312 g/mol. The van der Waals surface area contributed by atoms with E-state index in [1.54, 1.807) is 24.3 Å². The highest BCUT2D eigenvalue weighted by molar-refractivity contribution is 6.05. The number of rotatable bonds is 5. The van der Waals surface area contributed by atoms with Crippen molar-refractivity contribution in [2.24, 2.45) is 5.10 Å². The van der Waals surface area contributed by atoms with Crippen LogP contribution in [0, 0.1) is 0 Å². The van der Waals surface area contributed by atoms with Crippen LogP contribution in [-0.2, 0) is 0 Å². The molecule has 0 radical (unpaired) electrons. The summed E-state index contributed by atoms with van der Waals surface area (Å²) >= 11 is 0. The third-order valence-corrected chi connectivity index (χ3v) is 3.76. The van der Waals surface area contributed by atoms with E-state index in [4.69, 9.17) is 0 Å². The zero-order valence-corrected chi connectivity index (χ0v) is 13.5. The summed E-state index contributed by atoms with van der Waals surface area (Å²) in [5, 5.41) is 14.9. The number of aliphatic hydroxyl groups is 1. The highest BCUT2D eigenvalue weighted by Crippen LogP contribution is 2.19. The lowest BCUT2D eigenvalue weighted by Crippen LogP contribution is -2.23. The van der Waals surface area contributed by atoms with Crippen molar-refractivity contribution in [3.8, 4) is 0 Å². The topological polar surface area (TPSA) is 61.7 Å². The predicted octanol–water partition coefficient (Wildman–Crippen LogP) is 3.55. The molecular formula is C21H18N2O2. The molecule has 0 spiro atoms. The number of benzene rings is 3. The minimum absolute atomic E-state index is 0.325. The Bertz CT molecular complexity index is 847. The number of nitrogens with one attached hydrogen (secondary N) is 1. The second kappa shape index (κ2) is 8.04. The molecule has 0 fully saturated rings. The van der Waals surface area contributed by atoms with Crippen molar-refractivity contribution < 1.29 is 9.90 Å². The Labute approximate surface area is 146 Å². The summed E-state index contributed by atoms with van der Waals surface area (Å²) in [5.74, 6) is -0.325. The van der Waals surface area contributed by atoms with Gasteiger partial charge in [-0.25, -0.2) is 5.43 Å². The first-order valence-corrected chi connectivity index (χ1v) is 7.97. The molecule has 0 aliphatic heterocycles. The second-order valence-corrected chi connectivity index (χ2v) is 5.48. The summed E-state index contributed by atoms with van der Waals surface area (Å²) < 4.78 is 0. The van der Waals surface area contributed by atoms with Crippen LogP contribution in [0.3, 0.4) is 0 Å². The van der Waals surface area contributed by atoms with Crippen LogP contribution < -0.4 is 5.43 Å². The van der Waals surface area contributed by atoms with E-state index in [1.165, 1.54) is 0 Å². The number of hydrazone groups is 1. The van der Waals surface area contributed by atoms with Crippen LogP contribution in [0.2, 0.25) is 0 Å². The average molecular weight is 330 g/mol. The van der Waals surface area contributed by atoms with Crippen LogP contribution in [-0.4, -0.2) is 16.7 Å². The Balaban J connectivity index is 1.90. The van der Waals surface area contributed by atoms with Gasteiger partial charge in [0.25, 0.3) is 5.91 Å². The van der Waals surface area contributed by atoms with E-state index >= 15 is 0 Å². The third kappa shape index (κ3) is 4.19. The third-order valence-electron chi connectivity index (χ3n) is 3.76. The van der Waals surface area contributed by atoms with Gasteiger partial charge in [-0.3, -0.25) is 4.79 Å². The SMILES string of the molecule is O=C(N/N=C(\c1ccccc1)C(O)c1ccccc1)c1ccccc1. The highest BCUT2D eigenvalue weighted by atomic mass is 16.3.